The largest absolute Gasteiger partial charge is 0.441 e. The van der Waals surface area contributed by atoms with Crippen molar-refractivity contribution >= 4 is 11.8 Å². The van der Waals surface area contributed by atoms with E-state index in [-0.39, 0.29) is 37.3 Å². The summed E-state index contributed by atoms with van der Waals surface area (Å²) in [5.41, 5.74) is 8.01. The van der Waals surface area contributed by atoms with Crippen LogP contribution in [0.4, 0.5) is 0 Å². The monoisotopic (exact) mass is 288 g/mol. The molecule has 1 atom stereocenters. The van der Waals surface area contributed by atoms with Crippen LogP contribution in [-0.4, -0.2) is 35.0 Å². The van der Waals surface area contributed by atoms with E-state index in [9.17, 15) is 9.59 Å². The number of nitrogens with zero attached hydrogens (tertiary/aromatic N) is 1. The number of β-amino-alcohol motifs (C(OH)–C–C–N with tert-alkyl or cyclic N) is 1. The van der Waals surface area contributed by atoms with Crippen LogP contribution in [0.25, 0.3) is 0 Å². The van der Waals surface area contributed by atoms with Crippen LogP contribution in [0.15, 0.2) is 29.7 Å². The Balaban J connectivity index is 2.08. The number of carbonyl (C=O) groups excluding carboxylic acids is 2. The highest BCUT2D eigenvalue weighted by molar-refractivity contribution is 6.09. The molecule has 0 aromatic heterocycles. The Labute approximate surface area is 121 Å². The zero-order valence-corrected chi connectivity index (χ0v) is 11.6. The highest BCUT2D eigenvalue weighted by Gasteiger charge is 2.43. The van der Waals surface area contributed by atoms with Crippen LogP contribution in [0.1, 0.15) is 23.5 Å². The summed E-state index contributed by atoms with van der Waals surface area (Å²) in [5.74, 6) is -0.525. The molecule has 6 nitrogen and oxygen atoms in total. The van der Waals surface area contributed by atoms with Crippen LogP contribution in [0.3, 0.4) is 0 Å². The van der Waals surface area contributed by atoms with Gasteiger partial charge in [-0.15, -0.1) is 0 Å². The summed E-state index contributed by atoms with van der Waals surface area (Å²) in [6.07, 6.45) is 0.154. The number of carbonyl (C=O) groups is 2. The Morgan fingerprint density at radius 1 is 1.43 bits per heavy atom. The number of piperidine rings is 1. The minimum absolute atomic E-state index is 0.0260. The average Bonchev–Trinajstić information content (AvgIpc) is 2.44. The van der Waals surface area contributed by atoms with Crippen molar-refractivity contribution in [1.29, 1.82) is 0 Å². The molecular formula is C15H16N2O4. The first-order valence-corrected chi connectivity index (χ1v) is 6.76. The molecule has 3 rings (SSSR count). The lowest BCUT2D eigenvalue weighted by Gasteiger charge is -2.35. The highest BCUT2D eigenvalue weighted by atomic mass is 16.5. The van der Waals surface area contributed by atoms with Gasteiger partial charge in [-0.05, 0) is 13.0 Å². The summed E-state index contributed by atoms with van der Waals surface area (Å²) >= 11 is 0. The average molecular weight is 288 g/mol. The maximum atomic E-state index is 12.4. The van der Waals surface area contributed by atoms with Gasteiger partial charge in [0.25, 0.3) is 5.91 Å². The van der Waals surface area contributed by atoms with Crippen LogP contribution in [0.5, 0.6) is 5.75 Å². The van der Waals surface area contributed by atoms with Gasteiger partial charge in [0.2, 0.25) is 5.91 Å². The predicted molar refractivity (Wildman–Crippen MR) is 74.2 cm³/mol. The van der Waals surface area contributed by atoms with Gasteiger partial charge in [-0.3, -0.25) is 14.5 Å². The van der Waals surface area contributed by atoms with E-state index >= 15 is 0 Å². The number of aryl methyl sites for hydroxylation is 1. The normalized spacial score (nSPS) is 21.0. The molecule has 21 heavy (non-hydrogen) atoms. The van der Waals surface area contributed by atoms with Gasteiger partial charge < -0.3 is 15.6 Å². The molecular weight excluding hydrogens is 272 g/mol. The highest BCUT2D eigenvalue weighted by Crippen LogP contribution is 2.43. The number of hydrogen-bond donors (Lipinski definition) is 2. The van der Waals surface area contributed by atoms with Gasteiger partial charge in [0.15, 0.2) is 5.88 Å². The van der Waals surface area contributed by atoms with Crippen molar-refractivity contribution in [1.82, 2.24) is 4.90 Å². The SMILES string of the molecule is Cc1ccc2c(c1)C1CC(=O)N(CCO)C(=O)C1=C(N)O2. The number of nitrogens with two attached hydrogens (primary N) is 1. The zero-order valence-electron chi connectivity index (χ0n) is 11.6. The first-order valence-electron chi connectivity index (χ1n) is 6.76. The summed E-state index contributed by atoms with van der Waals surface area (Å²) in [6.45, 7) is 1.64. The molecule has 2 amide bonds. The molecule has 1 aromatic carbocycles. The van der Waals surface area contributed by atoms with Gasteiger partial charge in [0, 0.05) is 17.9 Å². The summed E-state index contributed by atoms with van der Waals surface area (Å²) < 4.78 is 5.52. The van der Waals surface area contributed by atoms with Crippen molar-refractivity contribution in [2.75, 3.05) is 13.2 Å². The lowest BCUT2D eigenvalue weighted by molar-refractivity contribution is -0.146. The van der Waals surface area contributed by atoms with E-state index in [0.717, 1.165) is 16.0 Å². The van der Waals surface area contributed by atoms with E-state index in [1.165, 1.54) is 0 Å². The number of fused-ring (bicyclic) bond motifs is 3. The molecule has 2 aliphatic rings. The van der Waals surface area contributed by atoms with Crippen molar-refractivity contribution < 1.29 is 19.4 Å². The number of likely N-dealkylation sites (tertiary alicyclic amines) is 1. The molecule has 0 radical (unpaired) electrons. The Kier molecular flexibility index (Phi) is 3.17. The number of aliphatic hydroxyl groups excluding tert-OH is 1. The second kappa shape index (κ2) is 4.89. The van der Waals surface area contributed by atoms with E-state index in [1.54, 1.807) is 6.07 Å². The van der Waals surface area contributed by atoms with E-state index < -0.39 is 5.91 Å². The molecule has 0 saturated carbocycles. The molecule has 0 spiro atoms. The fourth-order valence-electron chi connectivity index (χ4n) is 2.87. The number of amides is 2. The topological polar surface area (TPSA) is 92.9 Å². The van der Waals surface area contributed by atoms with Crippen molar-refractivity contribution in [3.8, 4) is 5.75 Å². The van der Waals surface area contributed by atoms with Crippen LogP contribution in [0, 0.1) is 6.92 Å². The van der Waals surface area contributed by atoms with Gasteiger partial charge in [-0.2, -0.15) is 0 Å². The number of benzene rings is 1. The fraction of sp³-hybridized carbons (Fsp3) is 0.333. The van der Waals surface area contributed by atoms with Gasteiger partial charge in [-0.1, -0.05) is 17.7 Å². The number of aliphatic hydroxyl groups is 1. The third-order valence-electron chi connectivity index (χ3n) is 3.85. The van der Waals surface area contributed by atoms with Crippen molar-refractivity contribution in [3.05, 3.63) is 40.8 Å². The molecule has 0 aliphatic carbocycles. The number of ether oxygens (including phenoxy) is 1. The Morgan fingerprint density at radius 2 is 2.19 bits per heavy atom. The smallest absolute Gasteiger partial charge is 0.262 e. The molecule has 2 aliphatic heterocycles. The van der Waals surface area contributed by atoms with E-state index in [4.69, 9.17) is 15.6 Å². The Bertz CT molecular complexity index is 666. The lowest BCUT2D eigenvalue weighted by atomic mass is 9.82. The molecule has 1 aromatic rings. The number of rotatable bonds is 2. The second-order valence-electron chi connectivity index (χ2n) is 5.25. The Hall–Kier alpha value is -2.34. The molecule has 3 N–H and O–H groups in total. The quantitative estimate of drug-likeness (QED) is 0.768. The summed E-state index contributed by atoms with van der Waals surface area (Å²) in [6, 6.07) is 5.60. The first kappa shape index (κ1) is 13.6. The minimum atomic E-state index is -0.477. The third kappa shape index (κ3) is 2.08. The predicted octanol–water partition coefficient (Wildman–Crippen LogP) is 0.393. The van der Waals surface area contributed by atoms with Gasteiger partial charge in [-0.25, -0.2) is 0 Å². The first-order chi connectivity index (χ1) is 10.0. The van der Waals surface area contributed by atoms with E-state index in [0.29, 0.717) is 11.3 Å². The van der Waals surface area contributed by atoms with Gasteiger partial charge in [0.05, 0.1) is 18.7 Å². The number of imide groups is 1. The maximum Gasteiger partial charge on any atom is 0.262 e. The molecule has 2 heterocycles. The second-order valence-corrected chi connectivity index (χ2v) is 5.25. The van der Waals surface area contributed by atoms with Crippen molar-refractivity contribution in [2.24, 2.45) is 5.73 Å². The van der Waals surface area contributed by atoms with Crippen LogP contribution < -0.4 is 10.5 Å². The van der Waals surface area contributed by atoms with Crippen molar-refractivity contribution in [2.45, 2.75) is 19.3 Å². The molecule has 6 heteroatoms. The van der Waals surface area contributed by atoms with Gasteiger partial charge >= 0.3 is 0 Å². The van der Waals surface area contributed by atoms with Crippen molar-refractivity contribution in [3.63, 3.8) is 0 Å². The van der Waals surface area contributed by atoms with E-state index in [1.807, 2.05) is 19.1 Å². The van der Waals surface area contributed by atoms with E-state index in [2.05, 4.69) is 0 Å². The summed E-state index contributed by atoms with van der Waals surface area (Å²) in [4.78, 5) is 25.6. The summed E-state index contributed by atoms with van der Waals surface area (Å²) in [7, 11) is 0. The number of hydrogen-bond acceptors (Lipinski definition) is 5. The standard InChI is InChI=1S/C15H16N2O4/c1-8-2-3-11-9(6-8)10-7-12(19)17(4-5-18)15(20)13(10)14(16)21-11/h2-3,6,10,18H,4-5,7,16H2,1H3. The zero-order chi connectivity index (χ0) is 15.1. The van der Waals surface area contributed by atoms with Crippen LogP contribution >= 0.6 is 0 Å². The Morgan fingerprint density at radius 3 is 2.90 bits per heavy atom. The maximum absolute atomic E-state index is 12.4. The van der Waals surface area contributed by atoms with Gasteiger partial charge in [0.1, 0.15) is 5.75 Å². The third-order valence-corrected chi connectivity index (χ3v) is 3.85. The molecule has 0 bridgehead atoms. The minimum Gasteiger partial charge on any atom is -0.441 e. The summed E-state index contributed by atoms with van der Waals surface area (Å²) in [5, 5.41) is 8.99. The molecule has 1 saturated heterocycles. The van der Waals surface area contributed by atoms with Crippen LogP contribution in [0.2, 0.25) is 0 Å². The van der Waals surface area contributed by atoms with Crippen LogP contribution in [-0.2, 0) is 9.59 Å². The molecule has 110 valence electrons. The molecule has 1 fully saturated rings. The fourth-order valence-corrected chi connectivity index (χ4v) is 2.87. The lowest BCUT2D eigenvalue weighted by Crippen LogP contribution is -2.47. The molecule has 1 unspecified atom stereocenters.